The summed E-state index contributed by atoms with van der Waals surface area (Å²) in [5, 5.41) is 3.11. The molecule has 0 aromatic heterocycles. The Hall–Kier alpha value is -1.55. The number of amides is 1. The number of hydrogen-bond donors (Lipinski definition) is 1. The maximum atomic E-state index is 12.4. The number of likely N-dealkylation sites (N-methyl/N-ethyl adjacent to an activating group) is 1. The normalized spacial score (nSPS) is 16.8. The highest BCUT2D eigenvalue weighted by Gasteiger charge is 2.32. The number of rotatable bonds is 5. The smallest absolute Gasteiger partial charge is 0.279 e. The van der Waals surface area contributed by atoms with Gasteiger partial charge in [0.2, 0.25) is 0 Å². The minimum absolute atomic E-state index is 0.120. The predicted molar refractivity (Wildman–Crippen MR) is 85.7 cm³/mol. The van der Waals surface area contributed by atoms with Gasteiger partial charge >= 0.3 is 0 Å². The average Bonchev–Trinajstić information content (AvgIpc) is 2.91. The lowest BCUT2D eigenvalue weighted by Crippen LogP contribution is -2.50. The van der Waals surface area contributed by atoms with Crippen LogP contribution in [-0.4, -0.2) is 43.7 Å². The lowest BCUT2D eigenvalue weighted by atomic mass is 10.1. The number of nitrogens with one attached hydrogen (secondary N) is 1. The zero-order chi connectivity index (χ0) is 15.5. The molecular weight excluding hydrogens is 264 g/mol. The van der Waals surface area contributed by atoms with Crippen LogP contribution in [0.3, 0.4) is 0 Å². The molecule has 0 bridgehead atoms. The maximum absolute atomic E-state index is 12.4. The van der Waals surface area contributed by atoms with E-state index < -0.39 is 0 Å². The summed E-state index contributed by atoms with van der Waals surface area (Å²) in [6.45, 7) is 10.1. The molecule has 21 heavy (non-hydrogen) atoms. The molecule has 1 heterocycles. The number of aryl methyl sites for hydroxylation is 2. The number of nitrogens with zero attached hydrogens (tertiary/aromatic N) is 1. The molecule has 1 aliphatic rings. The number of anilines is 1. The summed E-state index contributed by atoms with van der Waals surface area (Å²) in [6, 6.07) is 3.92. The lowest BCUT2D eigenvalue weighted by Gasteiger charge is -2.32. The van der Waals surface area contributed by atoms with Gasteiger partial charge in [-0.15, -0.1) is 0 Å². The van der Waals surface area contributed by atoms with Crippen LogP contribution in [0.15, 0.2) is 12.1 Å². The summed E-state index contributed by atoms with van der Waals surface area (Å²) in [6.07, 6.45) is 2.48. The molecule has 0 saturated carbocycles. The van der Waals surface area contributed by atoms with Crippen molar-refractivity contribution >= 4 is 11.6 Å². The van der Waals surface area contributed by atoms with Gasteiger partial charge in [0, 0.05) is 18.5 Å². The van der Waals surface area contributed by atoms with Crippen LogP contribution in [0.2, 0.25) is 0 Å². The van der Waals surface area contributed by atoms with Gasteiger partial charge in [-0.05, 0) is 44.0 Å². The van der Waals surface area contributed by atoms with Crippen LogP contribution in [0, 0.1) is 13.8 Å². The SMILES string of the molecule is CC[N+]1(CC(=O)Nc2c(C)cc(OC)cc2C)CCCC1. The van der Waals surface area contributed by atoms with Crippen molar-refractivity contribution in [2.45, 2.75) is 33.6 Å². The Bertz CT molecular complexity index is 497. The van der Waals surface area contributed by atoms with E-state index in [4.69, 9.17) is 4.74 Å². The Morgan fingerprint density at radius 1 is 1.24 bits per heavy atom. The summed E-state index contributed by atoms with van der Waals surface area (Å²) < 4.78 is 6.19. The molecule has 1 fully saturated rings. The first-order valence-corrected chi connectivity index (χ1v) is 7.80. The second-order valence-electron chi connectivity index (χ2n) is 6.15. The fraction of sp³-hybridized carbons (Fsp3) is 0.588. The van der Waals surface area contributed by atoms with Crippen LogP contribution in [0.5, 0.6) is 5.75 Å². The van der Waals surface area contributed by atoms with Gasteiger partial charge in [-0.25, -0.2) is 0 Å². The average molecular weight is 291 g/mol. The number of quaternary nitrogens is 1. The third-order valence-electron chi connectivity index (χ3n) is 4.67. The molecule has 0 radical (unpaired) electrons. The van der Waals surface area contributed by atoms with E-state index in [0.717, 1.165) is 46.7 Å². The third kappa shape index (κ3) is 3.56. The molecule has 4 heteroatoms. The van der Waals surface area contributed by atoms with Crippen molar-refractivity contribution in [2.75, 3.05) is 38.6 Å². The molecule has 1 aromatic rings. The van der Waals surface area contributed by atoms with E-state index in [-0.39, 0.29) is 5.91 Å². The summed E-state index contributed by atoms with van der Waals surface area (Å²) >= 11 is 0. The summed E-state index contributed by atoms with van der Waals surface area (Å²) in [7, 11) is 1.66. The zero-order valence-electron chi connectivity index (χ0n) is 13.7. The van der Waals surface area contributed by atoms with Gasteiger partial charge in [0.15, 0.2) is 6.54 Å². The van der Waals surface area contributed by atoms with E-state index in [1.165, 1.54) is 12.8 Å². The molecule has 0 atom stereocenters. The standard InChI is InChI=1S/C17H26N2O2/c1-5-19(8-6-7-9-19)12-16(20)18-17-13(2)10-15(21-4)11-14(17)3/h10-11H,5-9,12H2,1-4H3/p+1. The van der Waals surface area contributed by atoms with Gasteiger partial charge in [0.1, 0.15) is 5.75 Å². The molecule has 1 aliphatic heterocycles. The molecule has 4 nitrogen and oxygen atoms in total. The van der Waals surface area contributed by atoms with Crippen molar-refractivity contribution in [2.24, 2.45) is 0 Å². The highest BCUT2D eigenvalue weighted by atomic mass is 16.5. The third-order valence-corrected chi connectivity index (χ3v) is 4.67. The van der Waals surface area contributed by atoms with Crippen molar-refractivity contribution < 1.29 is 14.0 Å². The van der Waals surface area contributed by atoms with Gasteiger partial charge in [-0.1, -0.05) is 0 Å². The molecular formula is C17H27N2O2+. The van der Waals surface area contributed by atoms with Crippen LogP contribution >= 0.6 is 0 Å². The first kappa shape index (κ1) is 15.8. The topological polar surface area (TPSA) is 38.3 Å². The van der Waals surface area contributed by atoms with Crippen molar-refractivity contribution in [3.63, 3.8) is 0 Å². The van der Waals surface area contributed by atoms with Gasteiger partial charge in [0.25, 0.3) is 5.91 Å². The Morgan fingerprint density at radius 2 is 1.81 bits per heavy atom. The molecule has 0 spiro atoms. The molecule has 1 amide bonds. The number of carbonyl (C=O) groups is 1. The first-order chi connectivity index (χ1) is 9.99. The van der Waals surface area contributed by atoms with E-state index in [2.05, 4.69) is 12.2 Å². The number of likely N-dealkylation sites (tertiary alicyclic amines) is 1. The largest absolute Gasteiger partial charge is 0.497 e. The Balaban J connectivity index is 2.09. The number of hydrogen-bond acceptors (Lipinski definition) is 2. The monoisotopic (exact) mass is 291 g/mol. The number of carbonyl (C=O) groups excluding carboxylic acids is 1. The van der Waals surface area contributed by atoms with Crippen molar-refractivity contribution in [3.05, 3.63) is 23.3 Å². The molecule has 0 unspecified atom stereocenters. The Kier molecular flexibility index (Phi) is 4.88. The van der Waals surface area contributed by atoms with E-state index in [1.807, 2.05) is 26.0 Å². The maximum Gasteiger partial charge on any atom is 0.279 e. The molecule has 116 valence electrons. The fourth-order valence-electron chi connectivity index (χ4n) is 3.31. The first-order valence-electron chi connectivity index (χ1n) is 7.80. The van der Waals surface area contributed by atoms with Crippen molar-refractivity contribution in [1.29, 1.82) is 0 Å². The van der Waals surface area contributed by atoms with Gasteiger partial charge < -0.3 is 14.5 Å². The zero-order valence-corrected chi connectivity index (χ0v) is 13.7. The minimum Gasteiger partial charge on any atom is -0.497 e. The molecule has 2 rings (SSSR count). The van der Waals surface area contributed by atoms with Crippen LogP contribution < -0.4 is 10.1 Å². The van der Waals surface area contributed by atoms with Crippen LogP contribution in [0.1, 0.15) is 30.9 Å². The molecule has 1 N–H and O–H groups in total. The highest BCUT2D eigenvalue weighted by molar-refractivity contribution is 5.93. The second-order valence-corrected chi connectivity index (χ2v) is 6.15. The van der Waals surface area contributed by atoms with E-state index in [9.17, 15) is 4.79 Å². The van der Waals surface area contributed by atoms with E-state index in [1.54, 1.807) is 7.11 Å². The van der Waals surface area contributed by atoms with Gasteiger partial charge in [-0.2, -0.15) is 0 Å². The van der Waals surface area contributed by atoms with Crippen molar-refractivity contribution in [1.82, 2.24) is 0 Å². The summed E-state index contributed by atoms with van der Waals surface area (Å²) in [4.78, 5) is 12.4. The van der Waals surface area contributed by atoms with Crippen molar-refractivity contribution in [3.8, 4) is 5.75 Å². The number of benzene rings is 1. The highest BCUT2D eigenvalue weighted by Crippen LogP contribution is 2.26. The minimum atomic E-state index is 0.120. The lowest BCUT2D eigenvalue weighted by molar-refractivity contribution is -0.907. The predicted octanol–water partition coefficient (Wildman–Crippen LogP) is 2.88. The quantitative estimate of drug-likeness (QED) is 0.847. The second kappa shape index (κ2) is 6.48. The molecule has 1 saturated heterocycles. The Labute approximate surface area is 127 Å². The van der Waals surface area contributed by atoms with Crippen LogP contribution in [0.25, 0.3) is 0 Å². The molecule has 0 aliphatic carbocycles. The van der Waals surface area contributed by atoms with E-state index >= 15 is 0 Å². The van der Waals surface area contributed by atoms with E-state index in [0.29, 0.717) is 6.54 Å². The molecule has 1 aromatic carbocycles. The number of methoxy groups -OCH3 is 1. The van der Waals surface area contributed by atoms with Crippen LogP contribution in [-0.2, 0) is 4.79 Å². The summed E-state index contributed by atoms with van der Waals surface area (Å²) in [5.74, 6) is 0.953. The fourth-order valence-corrected chi connectivity index (χ4v) is 3.31. The van der Waals surface area contributed by atoms with Gasteiger partial charge in [-0.3, -0.25) is 4.79 Å². The summed E-state index contributed by atoms with van der Waals surface area (Å²) in [5.41, 5.74) is 3.02. The Morgan fingerprint density at radius 3 is 2.29 bits per heavy atom. The van der Waals surface area contributed by atoms with Gasteiger partial charge in [0.05, 0.1) is 26.7 Å². The number of ether oxygens (including phenoxy) is 1. The van der Waals surface area contributed by atoms with Crippen LogP contribution in [0.4, 0.5) is 5.69 Å².